The highest BCUT2D eigenvalue weighted by Crippen LogP contribution is 2.38. The van der Waals surface area contributed by atoms with Crippen LogP contribution >= 0.6 is 15.9 Å². The lowest BCUT2D eigenvalue weighted by Gasteiger charge is -2.35. The zero-order valence-corrected chi connectivity index (χ0v) is 21.2. The molecule has 9 nitrogen and oxygen atoms in total. The lowest BCUT2D eigenvalue weighted by molar-refractivity contribution is -0.132. The third-order valence-corrected chi connectivity index (χ3v) is 6.78. The number of barbiturate groups is 1. The second kappa shape index (κ2) is 10.9. The Balaban J connectivity index is 1.58. The topological polar surface area (TPSA) is 122 Å². The van der Waals surface area contributed by atoms with Crippen LogP contribution in [0.3, 0.4) is 0 Å². The van der Waals surface area contributed by atoms with Crippen molar-refractivity contribution < 1.29 is 33.8 Å². The van der Waals surface area contributed by atoms with Gasteiger partial charge in [-0.2, -0.15) is 0 Å². The molecule has 2 aliphatic rings. The van der Waals surface area contributed by atoms with Gasteiger partial charge in [-0.05, 0) is 70.2 Å². The van der Waals surface area contributed by atoms with Crippen molar-refractivity contribution >= 4 is 45.8 Å². The van der Waals surface area contributed by atoms with E-state index < -0.39 is 23.8 Å². The normalized spacial score (nSPS) is 17.8. The summed E-state index contributed by atoms with van der Waals surface area (Å²) in [6, 6.07) is 8.78. The van der Waals surface area contributed by atoms with E-state index in [1.165, 1.54) is 30.2 Å². The minimum absolute atomic E-state index is 0.0931. The van der Waals surface area contributed by atoms with Crippen molar-refractivity contribution in [3.63, 3.8) is 0 Å². The van der Waals surface area contributed by atoms with Gasteiger partial charge in [0.25, 0.3) is 11.8 Å². The van der Waals surface area contributed by atoms with Gasteiger partial charge in [-0.3, -0.25) is 19.8 Å². The maximum Gasteiger partial charge on any atom is 0.335 e. The van der Waals surface area contributed by atoms with Crippen molar-refractivity contribution in [3.05, 3.63) is 63.1 Å². The van der Waals surface area contributed by atoms with Gasteiger partial charge in [-0.15, -0.1) is 0 Å². The Bertz CT molecular complexity index is 1250. The molecule has 1 aliphatic heterocycles. The van der Waals surface area contributed by atoms with Crippen LogP contribution in [0.2, 0.25) is 0 Å². The summed E-state index contributed by atoms with van der Waals surface area (Å²) in [4.78, 5) is 50.5. The van der Waals surface area contributed by atoms with E-state index in [4.69, 9.17) is 9.47 Å². The fourth-order valence-electron chi connectivity index (χ4n) is 4.42. The molecule has 1 aliphatic carbocycles. The molecule has 36 heavy (non-hydrogen) atoms. The second-order valence-corrected chi connectivity index (χ2v) is 9.47. The fraction of sp³-hybridized carbons (Fsp3) is 0.308. The van der Waals surface area contributed by atoms with Crippen LogP contribution in [0.4, 0.5) is 4.79 Å². The van der Waals surface area contributed by atoms with Crippen LogP contribution in [0, 0.1) is 0 Å². The number of nitrogens with zero attached hydrogens (tertiary/aromatic N) is 1. The molecule has 4 rings (SSSR count). The van der Waals surface area contributed by atoms with Gasteiger partial charge in [0, 0.05) is 6.04 Å². The number of hydrogen-bond donors (Lipinski definition) is 2. The SMILES string of the molecule is COc1cc(C=C2C(=O)NC(=O)N(C3CCCCC3)C2=O)cc(Br)c1OCc1cccc(C(=O)O)c1. The van der Waals surface area contributed by atoms with E-state index in [2.05, 4.69) is 21.2 Å². The Hall–Kier alpha value is -3.66. The first-order chi connectivity index (χ1) is 17.3. The number of carboxylic acid groups (broad SMARTS) is 1. The average Bonchev–Trinajstić information content (AvgIpc) is 2.86. The molecule has 4 amide bonds. The monoisotopic (exact) mass is 556 g/mol. The van der Waals surface area contributed by atoms with E-state index in [0.717, 1.165) is 32.1 Å². The third kappa shape index (κ3) is 5.43. The van der Waals surface area contributed by atoms with Gasteiger partial charge in [0.05, 0.1) is 17.1 Å². The van der Waals surface area contributed by atoms with Crippen molar-refractivity contribution in [2.45, 2.75) is 44.8 Å². The molecule has 2 fully saturated rings. The number of ether oxygens (including phenoxy) is 2. The number of nitrogens with one attached hydrogen (secondary N) is 1. The zero-order chi connectivity index (χ0) is 25.8. The predicted octanol–water partition coefficient (Wildman–Crippen LogP) is 4.53. The number of methoxy groups -OCH3 is 1. The molecule has 1 saturated heterocycles. The Labute approximate surface area is 216 Å². The van der Waals surface area contributed by atoms with Crippen LogP contribution in [0.5, 0.6) is 11.5 Å². The number of amides is 4. The van der Waals surface area contributed by atoms with Crippen molar-refractivity contribution in [2.75, 3.05) is 7.11 Å². The molecule has 1 heterocycles. The van der Waals surface area contributed by atoms with Crippen LogP contribution in [-0.2, 0) is 16.2 Å². The van der Waals surface area contributed by atoms with Gasteiger partial charge in [0.1, 0.15) is 12.2 Å². The van der Waals surface area contributed by atoms with Crippen molar-refractivity contribution in [1.29, 1.82) is 0 Å². The van der Waals surface area contributed by atoms with E-state index in [0.29, 0.717) is 27.1 Å². The van der Waals surface area contributed by atoms with Gasteiger partial charge < -0.3 is 14.6 Å². The smallest absolute Gasteiger partial charge is 0.335 e. The van der Waals surface area contributed by atoms with Crippen LogP contribution in [-0.4, -0.2) is 47.0 Å². The summed E-state index contributed by atoms with van der Waals surface area (Å²) in [5.74, 6) is -1.67. The minimum atomic E-state index is -1.03. The highest BCUT2D eigenvalue weighted by atomic mass is 79.9. The van der Waals surface area contributed by atoms with Crippen LogP contribution in [0.1, 0.15) is 53.6 Å². The van der Waals surface area contributed by atoms with E-state index in [1.807, 2.05) is 0 Å². The van der Waals surface area contributed by atoms with Crippen LogP contribution in [0.15, 0.2) is 46.4 Å². The molecule has 2 aromatic rings. The van der Waals surface area contributed by atoms with Crippen molar-refractivity contribution in [3.8, 4) is 11.5 Å². The quantitative estimate of drug-likeness (QED) is 0.379. The Morgan fingerprint density at radius 1 is 1.17 bits per heavy atom. The number of carbonyl (C=O) groups excluding carboxylic acids is 3. The van der Waals surface area contributed by atoms with E-state index in [9.17, 15) is 24.3 Å². The minimum Gasteiger partial charge on any atom is -0.493 e. The zero-order valence-electron chi connectivity index (χ0n) is 19.6. The van der Waals surface area contributed by atoms with E-state index in [-0.39, 0.29) is 23.8 Å². The lowest BCUT2D eigenvalue weighted by Crippen LogP contribution is -2.58. The second-order valence-electron chi connectivity index (χ2n) is 8.61. The molecule has 2 N–H and O–H groups in total. The molecule has 0 aromatic heterocycles. The summed E-state index contributed by atoms with van der Waals surface area (Å²) in [5, 5.41) is 11.5. The number of halogens is 1. The average molecular weight is 557 g/mol. The molecule has 0 atom stereocenters. The molecule has 0 unspecified atom stereocenters. The van der Waals surface area contributed by atoms with E-state index >= 15 is 0 Å². The molecular weight excluding hydrogens is 532 g/mol. The van der Waals surface area contributed by atoms with Gasteiger partial charge in [-0.25, -0.2) is 9.59 Å². The summed E-state index contributed by atoms with van der Waals surface area (Å²) in [6.07, 6.45) is 5.80. The fourth-order valence-corrected chi connectivity index (χ4v) is 5.00. The van der Waals surface area contributed by atoms with Gasteiger partial charge in [0.15, 0.2) is 11.5 Å². The number of carboxylic acids is 1. The molecule has 1 saturated carbocycles. The number of benzene rings is 2. The number of aromatic carboxylic acids is 1. The lowest BCUT2D eigenvalue weighted by atomic mass is 9.93. The summed E-state index contributed by atoms with van der Waals surface area (Å²) in [7, 11) is 1.46. The van der Waals surface area contributed by atoms with E-state index in [1.54, 1.807) is 24.3 Å². The molecule has 0 bridgehead atoms. The Morgan fingerprint density at radius 3 is 2.61 bits per heavy atom. The standard InChI is InChI=1S/C26H25BrN2O7/c1-35-21-13-16(12-20(27)22(21)36-14-15-6-5-7-17(10-15)25(32)33)11-19-23(30)28-26(34)29(24(19)31)18-8-3-2-4-9-18/h5-7,10-13,18H,2-4,8-9,14H2,1H3,(H,32,33)(H,28,30,34). The first-order valence-electron chi connectivity index (χ1n) is 11.5. The maximum atomic E-state index is 13.2. The first-order valence-corrected chi connectivity index (χ1v) is 12.3. The highest BCUT2D eigenvalue weighted by molar-refractivity contribution is 9.10. The maximum absolute atomic E-state index is 13.2. The number of rotatable bonds is 7. The number of urea groups is 1. The number of hydrogen-bond acceptors (Lipinski definition) is 6. The molecule has 188 valence electrons. The molecule has 0 radical (unpaired) electrons. The predicted molar refractivity (Wildman–Crippen MR) is 134 cm³/mol. The molecule has 10 heteroatoms. The van der Waals surface area contributed by atoms with Gasteiger partial charge >= 0.3 is 12.0 Å². The van der Waals surface area contributed by atoms with Gasteiger partial charge in [0.2, 0.25) is 0 Å². The third-order valence-electron chi connectivity index (χ3n) is 6.19. The van der Waals surface area contributed by atoms with Crippen LogP contribution in [0.25, 0.3) is 6.08 Å². The van der Waals surface area contributed by atoms with Gasteiger partial charge in [-0.1, -0.05) is 31.4 Å². The summed E-state index contributed by atoms with van der Waals surface area (Å²) >= 11 is 3.45. The summed E-state index contributed by atoms with van der Waals surface area (Å²) in [5.41, 5.74) is 1.18. The Kier molecular flexibility index (Phi) is 7.73. The summed E-state index contributed by atoms with van der Waals surface area (Å²) in [6.45, 7) is 0.0931. The largest absolute Gasteiger partial charge is 0.493 e. The first kappa shape index (κ1) is 25.4. The molecular formula is C26H25BrN2O7. The van der Waals surface area contributed by atoms with Crippen molar-refractivity contribution in [2.24, 2.45) is 0 Å². The van der Waals surface area contributed by atoms with Crippen molar-refractivity contribution in [1.82, 2.24) is 10.2 Å². The number of imide groups is 2. The van der Waals surface area contributed by atoms with Crippen LogP contribution < -0.4 is 14.8 Å². The number of carbonyl (C=O) groups is 4. The highest BCUT2D eigenvalue weighted by Gasteiger charge is 2.40. The Morgan fingerprint density at radius 2 is 1.92 bits per heavy atom. The molecule has 0 spiro atoms. The summed E-state index contributed by atoms with van der Waals surface area (Å²) < 4.78 is 11.9. The molecule has 2 aromatic carbocycles.